The van der Waals surface area contributed by atoms with Gasteiger partial charge < -0.3 is 21.1 Å². The second kappa shape index (κ2) is 7.84. The standard InChI is InChI=1S/C22H27N3O2/c1-4-22(5-2,14-23)27-17-11-9-16(10-12-17)24-13-18-20-15(3)7-6-8-19(20)25-21(18)26/h6-13,24H,4-5,14,23H2,1-3H3,(H,25,26). The van der Waals surface area contributed by atoms with Crippen LogP contribution in [0.1, 0.15) is 37.8 Å². The molecular formula is C22H27N3O2. The van der Waals surface area contributed by atoms with Crippen molar-refractivity contribution in [3.05, 3.63) is 59.8 Å². The van der Waals surface area contributed by atoms with E-state index in [2.05, 4.69) is 24.5 Å². The van der Waals surface area contributed by atoms with E-state index in [4.69, 9.17) is 10.5 Å². The van der Waals surface area contributed by atoms with Crippen LogP contribution < -0.4 is 21.1 Å². The van der Waals surface area contributed by atoms with Crippen LogP contribution in [0.4, 0.5) is 11.4 Å². The number of hydrogen-bond donors (Lipinski definition) is 3. The first-order chi connectivity index (χ1) is 13.0. The fraction of sp³-hybridized carbons (Fsp3) is 0.318. The predicted molar refractivity (Wildman–Crippen MR) is 111 cm³/mol. The van der Waals surface area contributed by atoms with E-state index in [9.17, 15) is 4.79 Å². The van der Waals surface area contributed by atoms with Gasteiger partial charge in [-0.3, -0.25) is 4.79 Å². The smallest absolute Gasteiger partial charge is 0.257 e. The fourth-order valence-corrected chi connectivity index (χ4v) is 3.32. The maximum absolute atomic E-state index is 12.3. The minimum Gasteiger partial charge on any atom is -0.486 e. The van der Waals surface area contributed by atoms with Crippen LogP contribution in [0, 0.1) is 6.92 Å². The lowest BCUT2D eigenvalue weighted by Crippen LogP contribution is -2.42. The minimum atomic E-state index is -0.319. The molecule has 1 aliphatic rings. The van der Waals surface area contributed by atoms with Crippen LogP contribution in [0.15, 0.2) is 48.7 Å². The van der Waals surface area contributed by atoms with E-state index < -0.39 is 0 Å². The van der Waals surface area contributed by atoms with Gasteiger partial charge in [0.2, 0.25) is 0 Å². The normalized spacial score (nSPS) is 14.8. The monoisotopic (exact) mass is 365 g/mol. The molecule has 0 radical (unpaired) electrons. The second-order valence-corrected chi connectivity index (χ2v) is 6.87. The summed E-state index contributed by atoms with van der Waals surface area (Å²) < 4.78 is 6.13. The highest BCUT2D eigenvalue weighted by molar-refractivity contribution is 6.32. The number of nitrogens with two attached hydrogens (primary N) is 1. The minimum absolute atomic E-state index is 0.0922. The molecule has 0 fully saturated rings. The van der Waals surface area contributed by atoms with Crippen molar-refractivity contribution in [3.8, 4) is 5.75 Å². The lowest BCUT2D eigenvalue weighted by Gasteiger charge is -2.31. The van der Waals surface area contributed by atoms with Gasteiger partial charge in [0.15, 0.2) is 0 Å². The molecule has 0 aromatic heterocycles. The third kappa shape index (κ3) is 3.83. The molecule has 0 saturated heterocycles. The molecule has 4 N–H and O–H groups in total. The first-order valence-corrected chi connectivity index (χ1v) is 9.39. The number of fused-ring (bicyclic) bond motifs is 1. The summed E-state index contributed by atoms with van der Waals surface area (Å²) in [6, 6.07) is 13.6. The summed E-state index contributed by atoms with van der Waals surface area (Å²) >= 11 is 0. The van der Waals surface area contributed by atoms with Crippen molar-refractivity contribution >= 4 is 22.9 Å². The number of anilines is 2. The van der Waals surface area contributed by atoms with Gasteiger partial charge in [-0.05, 0) is 55.7 Å². The lowest BCUT2D eigenvalue weighted by atomic mass is 9.97. The Bertz CT molecular complexity index is 844. The van der Waals surface area contributed by atoms with Crippen molar-refractivity contribution in [1.82, 2.24) is 0 Å². The number of rotatable bonds is 7. The van der Waals surface area contributed by atoms with Gasteiger partial charge in [0.1, 0.15) is 11.4 Å². The SMILES string of the molecule is CCC(CC)(CN)Oc1ccc(NC=C2C(=O)Nc3cccc(C)c32)cc1. The number of carbonyl (C=O) groups excluding carboxylic acids is 1. The summed E-state index contributed by atoms with van der Waals surface area (Å²) in [5.74, 6) is 0.701. The Morgan fingerprint density at radius 2 is 1.85 bits per heavy atom. The van der Waals surface area contributed by atoms with E-state index in [-0.39, 0.29) is 11.5 Å². The van der Waals surface area contributed by atoms with Gasteiger partial charge in [-0.2, -0.15) is 0 Å². The molecule has 1 aliphatic heterocycles. The molecule has 5 heteroatoms. The first kappa shape index (κ1) is 19.0. The molecule has 27 heavy (non-hydrogen) atoms. The summed E-state index contributed by atoms with van der Waals surface area (Å²) in [4.78, 5) is 12.3. The molecule has 5 nitrogen and oxygen atoms in total. The summed E-state index contributed by atoms with van der Waals surface area (Å²) in [7, 11) is 0. The first-order valence-electron chi connectivity index (χ1n) is 9.39. The van der Waals surface area contributed by atoms with Crippen LogP contribution in [-0.2, 0) is 4.79 Å². The molecule has 0 atom stereocenters. The van der Waals surface area contributed by atoms with Gasteiger partial charge in [-0.1, -0.05) is 26.0 Å². The average Bonchev–Trinajstić information content (AvgIpc) is 3.02. The summed E-state index contributed by atoms with van der Waals surface area (Å²) in [5, 5.41) is 6.11. The maximum Gasteiger partial charge on any atom is 0.257 e. The van der Waals surface area contributed by atoms with Crippen molar-refractivity contribution < 1.29 is 9.53 Å². The molecule has 1 amide bonds. The van der Waals surface area contributed by atoms with Crippen molar-refractivity contribution in [1.29, 1.82) is 0 Å². The quantitative estimate of drug-likeness (QED) is 0.640. The maximum atomic E-state index is 12.3. The molecule has 0 spiro atoms. The zero-order valence-electron chi connectivity index (χ0n) is 16.1. The molecule has 0 aliphatic carbocycles. The molecule has 0 saturated carbocycles. The van der Waals surface area contributed by atoms with E-state index >= 15 is 0 Å². The van der Waals surface area contributed by atoms with Gasteiger partial charge in [0.25, 0.3) is 5.91 Å². The number of nitrogens with one attached hydrogen (secondary N) is 2. The van der Waals surface area contributed by atoms with Crippen LogP contribution in [0.2, 0.25) is 0 Å². The van der Waals surface area contributed by atoms with E-state index in [1.807, 2.05) is 49.4 Å². The highest BCUT2D eigenvalue weighted by Crippen LogP contribution is 2.34. The molecule has 3 rings (SSSR count). The Hall–Kier alpha value is -2.79. The van der Waals surface area contributed by atoms with Crippen molar-refractivity contribution in [2.24, 2.45) is 5.73 Å². The number of amides is 1. The van der Waals surface area contributed by atoms with Gasteiger partial charge in [0, 0.05) is 29.7 Å². The van der Waals surface area contributed by atoms with Crippen molar-refractivity contribution in [2.45, 2.75) is 39.2 Å². The Morgan fingerprint density at radius 1 is 1.15 bits per heavy atom. The second-order valence-electron chi connectivity index (χ2n) is 6.87. The van der Waals surface area contributed by atoms with Gasteiger partial charge in [-0.15, -0.1) is 0 Å². The highest BCUT2D eigenvalue weighted by Gasteiger charge is 2.27. The van der Waals surface area contributed by atoms with Crippen LogP contribution in [0.5, 0.6) is 5.75 Å². The molecule has 1 heterocycles. The van der Waals surface area contributed by atoms with E-state index in [0.29, 0.717) is 12.1 Å². The van der Waals surface area contributed by atoms with Crippen LogP contribution >= 0.6 is 0 Å². The van der Waals surface area contributed by atoms with Gasteiger partial charge in [0.05, 0.1) is 5.57 Å². The third-order valence-electron chi connectivity index (χ3n) is 5.27. The topological polar surface area (TPSA) is 76.4 Å². The molecule has 0 bridgehead atoms. The van der Waals surface area contributed by atoms with Crippen LogP contribution in [0.25, 0.3) is 5.57 Å². The number of ether oxygens (including phenoxy) is 1. The average molecular weight is 365 g/mol. The third-order valence-corrected chi connectivity index (χ3v) is 5.27. The van der Waals surface area contributed by atoms with Crippen LogP contribution in [-0.4, -0.2) is 18.1 Å². The number of hydrogen-bond acceptors (Lipinski definition) is 4. The Morgan fingerprint density at radius 3 is 2.48 bits per heavy atom. The Kier molecular flexibility index (Phi) is 5.51. The molecule has 142 valence electrons. The fourth-order valence-electron chi connectivity index (χ4n) is 3.32. The van der Waals surface area contributed by atoms with Gasteiger partial charge in [-0.25, -0.2) is 0 Å². The van der Waals surface area contributed by atoms with Crippen LogP contribution in [0.3, 0.4) is 0 Å². The number of benzene rings is 2. The van der Waals surface area contributed by atoms with E-state index in [0.717, 1.165) is 41.1 Å². The largest absolute Gasteiger partial charge is 0.486 e. The molecule has 0 unspecified atom stereocenters. The Labute approximate surface area is 160 Å². The molecule has 2 aromatic carbocycles. The zero-order valence-corrected chi connectivity index (χ0v) is 16.1. The number of carbonyl (C=O) groups is 1. The summed E-state index contributed by atoms with van der Waals surface area (Å²) in [5.41, 5.74) is 9.99. The van der Waals surface area contributed by atoms with Gasteiger partial charge >= 0.3 is 0 Å². The number of aryl methyl sites for hydroxylation is 1. The zero-order chi connectivity index (χ0) is 19.4. The highest BCUT2D eigenvalue weighted by atomic mass is 16.5. The lowest BCUT2D eigenvalue weighted by molar-refractivity contribution is -0.110. The summed E-state index contributed by atoms with van der Waals surface area (Å²) in [6.07, 6.45) is 3.48. The Balaban J connectivity index is 1.75. The predicted octanol–water partition coefficient (Wildman–Crippen LogP) is 4.30. The van der Waals surface area contributed by atoms with Crippen molar-refractivity contribution in [2.75, 3.05) is 17.2 Å². The molecule has 2 aromatic rings. The summed E-state index contributed by atoms with van der Waals surface area (Å²) in [6.45, 7) is 6.67. The van der Waals surface area contributed by atoms with Crippen molar-refractivity contribution in [3.63, 3.8) is 0 Å². The van der Waals surface area contributed by atoms with E-state index in [1.165, 1.54) is 0 Å². The molecular weight excluding hydrogens is 338 g/mol. The van der Waals surface area contributed by atoms with E-state index in [1.54, 1.807) is 6.20 Å².